The highest BCUT2D eigenvalue weighted by Crippen LogP contribution is 1.99. The second kappa shape index (κ2) is 6.62. The van der Waals surface area contributed by atoms with Crippen LogP contribution in [0.1, 0.15) is 19.8 Å². The van der Waals surface area contributed by atoms with Crippen LogP contribution in [0.4, 0.5) is 0 Å². The molecular formula is C8H14N2O2. The van der Waals surface area contributed by atoms with Gasteiger partial charge >= 0.3 is 5.97 Å². The topological polar surface area (TPSA) is 76.1 Å². The molecule has 0 aliphatic carbocycles. The van der Waals surface area contributed by atoms with Gasteiger partial charge in [-0.2, -0.15) is 5.26 Å². The Morgan fingerprint density at radius 3 is 2.83 bits per heavy atom. The van der Waals surface area contributed by atoms with Crippen molar-refractivity contribution in [2.24, 2.45) is 11.7 Å². The van der Waals surface area contributed by atoms with Gasteiger partial charge in [-0.15, -0.1) is 0 Å². The molecule has 2 N–H and O–H groups in total. The second-order valence-corrected chi connectivity index (χ2v) is 2.42. The third-order valence-electron chi connectivity index (χ3n) is 1.49. The zero-order valence-electron chi connectivity index (χ0n) is 7.25. The minimum Gasteiger partial charge on any atom is -0.466 e. The first-order chi connectivity index (χ1) is 5.74. The highest BCUT2D eigenvalue weighted by Gasteiger charge is 2.05. The number of hydrogen-bond acceptors (Lipinski definition) is 4. The van der Waals surface area contributed by atoms with Gasteiger partial charge in [0.2, 0.25) is 0 Å². The lowest BCUT2D eigenvalue weighted by atomic mass is 10.1. The first-order valence-corrected chi connectivity index (χ1v) is 3.99. The van der Waals surface area contributed by atoms with Gasteiger partial charge in [-0.1, -0.05) is 6.92 Å². The molecule has 68 valence electrons. The van der Waals surface area contributed by atoms with Crippen LogP contribution in [0.25, 0.3) is 0 Å². The van der Waals surface area contributed by atoms with Gasteiger partial charge in [0.05, 0.1) is 18.6 Å². The molecule has 0 aromatic heterocycles. The van der Waals surface area contributed by atoms with Crippen LogP contribution in [0, 0.1) is 17.2 Å². The Morgan fingerprint density at radius 1 is 1.75 bits per heavy atom. The summed E-state index contributed by atoms with van der Waals surface area (Å²) < 4.78 is 4.78. The van der Waals surface area contributed by atoms with Crippen molar-refractivity contribution in [3.05, 3.63) is 0 Å². The molecule has 12 heavy (non-hydrogen) atoms. The zero-order valence-corrected chi connectivity index (χ0v) is 7.25. The fourth-order valence-electron chi connectivity index (χ4n) is 0.652. The van der Waals surface area contributed by atoms with Crippen molar-refractivity contribution < 1.29 is 9.53 Å². The van der Waals surface area contributed by atoms with Gasteiger partial charge in [0, 0.05) is 13.0 Å². The predicted molar refractivity (Wildman–Crippen MR) is 44.0 cm³/mol. The Bertz CT molecular complexity index is 174. The van der Waals surface area contributed by atoms with Crippen LogP contribution in [-0.2, 0) is 9.53 Å². The number of carbonyl (C=O) groups is 1. The SMILES string of the molecule is CCC(=O)OCCC(C#N)CN. The van der Waals surface area contributed by atoms with Crippen LogP contribution >= 0.6 is 0 Å². The lowest BCUT2D eigenvalue weighted by molar-refractivity contribution is -0.143. The Hall–Kier alpha value is -1.08. The molecule has 0 spiro atoms. The van der Waals surface area contributed by atoms with E-state index >= 15 is 0 Å². The van der Waals surface area contributed by atoms with Gasteiger partial charge < -0.3 is 10.5 Å². The molecule has 0 heterocycles. The molecular weight excluding hydrogens is 156 g/mol. The van der Waals surface area contributed by atoms with E-state index in [4.69, 9.17) is 15.7 Å². The molecule has 0 aliphatic heterocycles. The van der Waals surface area contributed by atoms with Crippen molar-refractivity contribution in [3.8, 4) is 6.07 Å². The summed E-state index contributed by atoms with van der Waals surface area (Å²) in [4.78, 5) is 10.6. The van der Waals surface area contributed by atoms with Gasteiger partial charge in [0.1, 0.15) is 0 Å². The van der Waals surface area contributed by atoms with Crippen LogP contribution in [0.15, 0.2) is 0 Å². The fourth-order valence-corrected chi connectivity index (χ4v) is 0.652. The van der Waals surface area contributed by atoms with Crippen LogP contribution in [0.3, 0.4) is 0 Å². The lowest BCUT2D eigenvalue weighted by Crippen LogP contribution is -2.15. The molecule has 0 amide bonds. The van der Waals surface area contributed by atoms with E-state index in [0.29, 0.717) is 26.0 Å². The first-order valence-electron chi connectivity index (χ1n) is 3.99. The number of nitrogens with zero attached hydrogens (tertiary/aromatic N) is 1. The molecule has 4 nitrogen and oxygen atoms in total. The summed E-state index contributed by atoms with van der Waals surface area (Å²) in [7, 11) is 0. The molecule has 0 saturated carbocycles. The predicted octanol–water partition coefficient (Wildman–Crippen LogP) is 0.428. The van der Waals surface area contributed by atoms with E-state index in [0.717, 1.165) is 0 Å². The standard InChI is InChI=1S/C8H14N2O2/c1-2-8(11)12-4-3-7(5-9)6-10/h7H,2-5,9H2,1H3. The largest absolute Gasteiger partial charge is 0.466 e. The summed E-state index contributed by atoms with van der Waals surface area (Å²) in [5.74, 6) is -0.432. The van der Waals surface area contributed by atoms with E-state index in [1.807, 2.05) is 6.07 Å². The molecule has 0 rings (SSSR count). The van der Waals surface area contributed by atoms with Crippen molar-refractivity contribution in [1.29, 1.82) is 5.26 Å². The van der Waals surface area contributed by atoms with E-state index in [1.54, 1.807) is 6.92 Å². The summed E-state index contributed by atoms with van der Waals surface area (Å²) in [5.41, 5.74) is 5.27. The van der Waals surface area contributed by atoms with Gasteiger partial charge in [0.15, 0.2) is 0 Å². The van der Waals surface area contributed by atoms with Crippen molar-refractivity contribution in [2.45, 2.75) is 19.8 Å². The quantitative estimate of drug-likeness (QED) is 0.607. The smallest absolute Gasteiger partial charge is 0.305 e. The van der Waals surface area contributed by atoms with Gasteiger partial charge in [-0.05, 0) is 6.42 Å². The molecule has 0 saturated heterocycles. The maximum absolute atomic E-state index is 10.6. The van der Waals surface area contributed by atoms with Gasteiger partial charge in [-0.3, -0.25) is 4.79 Å². The minimum atomic E-state index is -0.233. The molecule has 1 unspecified atom stereocenters. The molecule has 0 aliphatic rings. The number of carbonyl (C=O) groups excluding carboxylic acids is 1. The van der Waals surface area contributed by atoms with Crippen LogP contribution in [-0.4, -0.2) is 19.1 Å². The van der Waals surface area contributed by atoms with E-state index < -0.39 is 0 Å². The summed E-state index contributed by atoms with van der Waals surface area (Å²) in [5, 5.41) is 8.48. The molecule has 0 bridgehead atoms. The Kier molecular flexibility index (Phi) is 6.02. The van der Waals surface area contributed by atoms with Crippen LogP contribution < -0.4 is 5.73 Å². The fraction of sp³-hybridized carbons (Fsp3) is 0.750. The highest BCUT2D eigenvalue weighted by molar-refractivity contribution is 5.68. The van der Waals surface area contributed by atoms with E-state index in [2.05, 4.69) is 0 Å². The third kappa shape index (κ3) is 4.69. The molecule has 1 atom stereocenters. The summed E-state index contributed by atoms with van der Waals surface area (Å²) in [6, 6.07) is 2.03. The van der Waals surface area contributed by atoms with E-state index in [-0.39, 0.29) is 11.9 Å². The molecule has 0 fully saturated rings. The minimum absolute atomic E-state index is 0.199. The van der Waals surface area contributed by atoms with Crippen molar-refractivity contribution in [2.75, 3.05) is 13.2 Å². The van der Waals surface area contributed by atoms with Gasteiger partial charge in [-0.25, -0.2) is 0 Å². The number of ether oxygens (including phenoxy) is 1. The van der Waals surface area contributed by atoms with Crippen LogP contribution in [0.5, 0.6) is 0 Å². The Morgan fingerprint density at radius 2 is 2.42 bits per heavy atom. The Balaban J connectivity index is 3.43. The average Bonchev–Trinajstić information content (AvgIpc) is 2.12. The normalized spacial score (nSPS) is 11.8. The van der Waals surface area contributed by atoms with Crippen molar-refractivity contribution in [1.82, 2.24) is 0 Å². The van der Waals surface area contributed by atoms with Crippen molar-refractivity contribution >= 4 is 5.97 Å². The van der Waals surface area contributed by atoms with Gasteiger partial charge in [0.25, 0.3) is 0 Å². The number of rotatable bonds is 5. The highest BCUT2D eigenvalue weighted by atomic mass is 16.5. The zero-order chi connectivity index (χ0) is 9.40. The molecule has 4 heteroatoms. The van der Waals surface area contributed by atoms with E-state index in [1.165, 1.54) is 0 Å². The monoisotopic (exact) mass is 170 g/mol. The summed E-state index contributed by atoms with van der Waals surface area (Å²) in [6.45, 7) is 2.34. The number of hydrogen-bond donors (Lipinski definition) is 1. The average molecular weight is 170 g/mol. The number of esters is 1. The maximum atomic E-state index is 10.6. The summed E-state index contributed by atoms with van der Waals surface area (Å²) >= 11 is 0. The van der Waals surface area contributed by atoms with E-state index in [9.17, 15) is 4.79 Å². The second-order valence-electron chi connectivity index (χ2n) is 2.42. The third-order valence-corrected chi connectivity index (χ3v) is 1.49. The first kappa shape index (κ1) is 10.9. The molecule has 0 aromatic rings. The van der Waals surface area contributed by atoms with Crippen LogP contribution in [0.2, 0.25) is 0 Å². The van der Waals surface area contributed by atoms with Crippen molar-refractivity contribution in [3.63, 3.8) is 0 Å². The number of nitriles is 1. The summed E-state index contributed by atoms with van der Waals surface area (Å²) in [6.07, 6.45) is 0.901. The molecule has 0 aromatic carbocycles. The Labute approximate surface area is 72.3 Å². The maximum Gasteiger partial charge on any atom is 0.305 e. The lowest BCUT2D eigenvalue weighted by Gasteiger charge is -2.05. The molecule has 0 radical (unpaired) electrons. The number of nitrogens with two attached hydrogens (primary N) is 1.